The molecule has 2 aromatic carbocycles. The van der Waals surface area contributed by atoms with E-state index in [1.54, 1.807) is 19.2 Å². The van der Waals surface area contributed by atoms with E-state index in [1.807, 2.05) is 24.3 Å². The lowest BCUT2D eigenvalue weighted by atomic mass is 10.1. The predicted octanol–water partition coefficient (Wildman–Crippen LogP) is 2.96. The molecule has 1 amide bonds. The zero-order valence-corrected chi connectivity index (χ0v) is 13.4. The summed E-state index contributed by atoms with van der Waals surface area (Å²) in [6.07, 6.45) is 2.52. The normalized spacial score (nSPS) is 14.0. The molecule has 1 saturated carbocycles. The van der Waals surface area contributed by atoms with Gasteiger partial charge in [0.1, 0.15) is 5.75 Å². The van der Waals surface area contributed by atoms with Crippen LogP contribution in [0, 0.1) is 0 Å². The second-order valence-electron chi connectivity index (χ2n) is 6.05. The molecule has 0 unspecified atom stereocenters. The van der Waals surface area contributed by atoms with Crippen LogP contribution in [0.3, 0.4) is 0 Å². The standard InChI is InChI=1S/C19H22N2O2/c1-23-18-10-4-15(5-11-18)13-21(17-8-9-17)12-14-2-6-16(7-3-14)19(20)22/h2-7,10-11,17H,8-9,12-13H2,1H3,(H2,20,22). The molecule has 0 heterocycles. The molecule has 0 aliphatic heterocycles. The smallest absolute Gasteiger partial charge is 0.248 e. The predicted molar refractivity (Wildman–Crippen MR) is 90.2 cm³/mol. The molecule has 4 heteroatoms. The second-order valence-corrected chi connectivity index (χ2v) is 6.05. The Morgan fingerprint density at radius 2 is 1.57 bits per heavy atom. The van der Waals surface area contributed by atoms with Gasteiger partial charge in [0, 0.05) is 24.7 Å². The number of hydrogen-bond acceptors (Lipinski definition) is 3. The minimum absolute atomic E-state index is 0.381. The average molecular weight is 310 g/mol. The van der Waals surface area contributed by atoms with Crippen LogP contribution in [0.15, 0.2) is 48.5 Å². The molecule has 0 spiro atoms. The Labute approximate surface area is 136 Å². The Kier molecular flexibility index (Phi) is 4.63. The van der Waals surface area contributed by atoms with Gasteiger partial charge < -0.3 is 10.5 Å². The van der Waals surface area contributed by atoms with Crippen molar-refractivity contribution < 1.29 is 9.53 Å². The van der Waals surface area contributed by atoms with Gasteiger partial charge in [0.05, 0.1) is 7.11 Å². The highest BCUT2D eigenvalue weighted by atomic mass is 16.5. The monoisotopic (exact) mass is 310 g/mol. The lowest BCUT2D eigenvalue weighted by Crippen LogP contribution is -2.25. The Bertz CT molecular complexity index is 661. The van der Waals surface area contributed by atoms with E-state index in [0.29, 0.717) is 11.6 Å². The van der Waals surface area contributed by atoms with Crippen LogP contribution in [0.1, 0.15) is 34.3 Å². The van der Waals surface area contributed by atoms with Crippen molar-refractivity contribution >= 4 is 5.91 Å². The van der Waals surface area contributed by atoms with E-state index < -0.39 is 0 Å². The third kappa shape index (κ3) is 4.11. The Hall–Kier alpha value is -2.33. The number of nitrogens with zero attached hydrogens (tertiary/aromatic N) is 1. The number of nitrogens with two attached hydrogens (primary N) is 1. The number of benzene rings is 2. The van der Waals surface area contributed by atoms with Gasteiger partial charge in [-0.15, -0.1) is 0 Å². The fourth-order valence-corrected chi connectivity index (χ4v) is 2.73. The maximum Gasteiger partial charge on any atom is 0.248 e. The lowest BCUT2D eigenvalue weighted by molar-refractivity contribution is 0.100. The summed E-state index contributed by atoms with van der Waals surface area (Å²) in [5.74, 6) is 0.502. The van der Waals surface area contributed by atoms with Crippen molar-refractivity contribution in [1.29, 1.82) is 0 Å². The van der Waals surface area contributed by atoms with Gasteiger partial charge in [-0.2, -0.15) is 0 Å². The minimum atomic E-state index is -0.381. The van der Waals surface area contributed by atoms with Gasteiger partial charge in [-0.25, -0.2) is 0 Å². The molecule has 0 bridgehead atoms. The summed E-state index contributed by atoms with van der Waals surface area (Å²) in [6.45, 7) is 1.81. The van der Waals surface area contributed by atoms with Crippen LogP contribution in [-0.4, -0.2) is 24.0 Å². The van der Waals surface area contributed by atoms with E-state index in [2.05, 4.69) is 17.0 Å². The molecule has 0 atom stereocenters. The Morgan fingerprint density at radius 3 is 2.00 bits per heavy atom. The van der Waals surface area contributed by atoms with Crippen LogP contribution in [0.25, 0.3) is 0 Å². The maximum atomic E-state index is 11.1. The summed E-state index contributed by atoms with van der Waals surface area (Å²) in [6, 6.07) is 16.5. The molecule has 0 saturated heterocycles. The zero-order chi connectivity index (χ0) is 16.2. The van der Waals surface area contributed by atoms with Crippen molar-refractivity contribution in [1.82, 2.24) is 4.90 Å². The summed E-state index contributed by atoms with van der Waals surface area (Å²) in [5, 5.41) is 0. The minimum Gasteiger partial charge on any atom is -0.497 e. The van der Waals surface area contributed by atoms with E-state index >= 15 is 0 Å². The van der Waals surface area contributed by atoms with Crippen molar-refractivity contribution in [3.05, 3.63) is 65.2 Å². The zero-order valence-electron chi connectivity index (χ0n) is 13.4. The molecule has 120 valence electrons. The van der Waals surface area contributed by atoms with E-state index in [-0.39, 0.29) is 5.91 Å². The summed E-state index contributed by atoms with van der Waals surface area (Å²) in [4.78, 5) is 13.6. The quantitative estimate of drug-likeness (QED) is 0.855. The molecule has 4 nitrogen and oxygen atoms in total. The first kappa shape index (κ1) is 15.6. The van der Waals surface area contributed by atoms with Gasteiger partial charge in [-0.1, -0.05) is 24.3 Å². The van der Waals surface area contributed by atoms with Crippen LogP contribution in [-0.2, 0) is 13.1 Å². The molecule has 23 heavy (non-hydrogen) atoms. The van der Waals surface area contributed by atoms with Gasteiger partial charge in [0.15, 0.2) is 0 Å². The number of carbonyl (C=O) groups excluding carboxylic acids is 1. The summed E-state index contributed by atoms with van der Waals surface area (Å²) in [7, 11) is 1.68. The first-order valence-corrected chi connectivity index (χ1v) is 7.91. The fourth-order valence-electron chi connectivity index (χ4n) is 2.73. The highest BCUT2D eigenvalue weighted by molar-refractivity contribution is 5.92. The molecular formula is C19H22N2O2. The number of carbonyl (C=O) groups is 1. The first-order chi connectivity index (χ1) is 11.2. The summed E-state index contributed by atoms with van der Waals surface area (Å²) in [5.41, 5.74) is 8.33. The van der Waals surface area contributed by atoms with Crippen molar-refractivity contribution in [2.75, 3.05) is 7.11 Å². The molecule has 1 aliphatic carbocycles. The SMILES string of the molecule is COc1ccc(CN(Cc2ccc(C(N)=O)cc2)C2CC2)cc1. The van der Waals surface area contributed by atoms with Crippen molar-refractivity contribution in [2.45, 2.75) is 32.0 Å². The molecule has 1 fully saturated rings. The van der Waals surface area contributed by atoms with Gasteiger partial charge in [0.2, 0.25) is 5.91 Å². The van der Waals surface area contributed by atoms with Crippen molar-refractivity contribution in [3.63, 3.8) is 0 Å². The number of rotatable bonds is 7. The Balaban J connectivity index is 1.67. The summed E-state index contributed by atoms with van der Waals surface area (Å²) < 4.78 is 5.21. The molecule has 3 rings (SSSR count). The van der Waals surface area contributed by atoms with Crippen LogP contribution in [0.4, 0.5) is 0 Å². The molecule has 0 radical (unpaired) electrons. The Morgan fingerprint density at radius 1 is 1.04 bits per heavy atom. The van der Waals surface area contributed by atoms with E-state index in [1.165, 1.54) is 24.0 Å². The molecule has 1 aliphatic rings. The number of primary amides is 1. The van der Waals surface area contributed by atoms with Crippen LogP contribution < -0.4 is 10.5 Å². The average Bonchev–Trinajstić information content (AvgIpc) is 3.40. The van der Waals surface area contributed by atoms with E-state index in [0.717, 1.165) is 18.8 Å². The third-order valence-corrected chi connectivity index (χ3v) is 4.23. The number of ether oxygens (including phenoxy) is 1. The first-order valence-electron chi connectivity index (χ1n) is 7.91. The molecule has 2 N–H and O–H groups in total. The lowest BCUT2D eigenvalue weighted by Gasteiger charge is -2.22. The topological polar surface area (TPSA) is 55.6 Å². The van der Waals surface area contributed by atoms with E-state index in [4.69, 9.17) is 10.5 Å². The van der Waals surface area contributed by atoms with Crippen molar-refractivity contribution in [3.8, 4) is 5.75 Å². The van der Waals surface area contributed by atoms with E-state index in [9.17, 15) is 4.79 Å². The van der Waals surface area contributed by atoms with Crippen molar-refractivity contribution in [2.24, 2.45) is 5.73 Å². The number of hydrogen-bond donors (Lipinski definition) is 1. The molecular weight excluding hydrogens is 288 g/mol. The second kappa shape index (κ2) is 6.84. The van der Waals surface area contributed by atoms with Crippen LogP contribution in [0.5, 0.6) is 5.75 Å². The van der Waals surface area contributed by atoms with Gasteiger partial charge in [0.25, 0.3) is 0 Å². The number of methoxy groups -OCH3 is 1. The number of amides is 1. The highest BCUT2D eigenvalue weighted by Crippen LogP contribution is 2.30. The molecule has 0 aromatic heterocycles. The third-order valence-electron chi connectivity index (χ3n) is 4.23. The van der Waals surface area contributed by atoms with Gasteiger partial charge in [-0.3, -0.25) is 9.69 Å². The van der Waals surface area contributed by atoms with Gasteiger partial charge in [-0.05, 0) is 48.2 Å². The largest absolute Gasteiger partial charge is 0.497 e. The summed E-state index contributed by atoms with van der Waals surface area (Å²) >= 11 is 0. The van der Waals surface area contributed by atoms with Crippen LogP contribution in [0.2, 0.25) is 0 Å². The molecule has 2 aromatic rings. The maximum absolute atomic E-state index is 11.1. The highest BCUT2D eigenvalue weighted by Gasteiger charge is 2.28. The van der Waals surface area contributed by atoms with Gasteiger partial charge >= 0.3 is 0 Å². The van der Waals surface area contributed by atoms with Crippen LogP contribution >= 0.6 is 0 Å². The fraction of sp³-hybridized carbons (Fsp3) is 0.316.